The van der Waals surface area contributed by atoms with Crippen LogP contribution in [0.3, 0.4) is 0 Å². The van der Waals surface area contributed by atoms with E-state index >= 15 is 0 Å². The predicted octanol–water partition coefficient (Wildman–Crippen LogP) is 3.64. The maximum absolute atomic E-state index is 12.6. The largest absolute Gasteiger partial charge is 0.479 e. The molecule has 1 N–H and O–H groups in total. The summed E-state index contributed by atoms with van der Waals surface area (Å²) in [4.78, 5) is 14.4. The predicted molar refractivity (Wildman–Crippen MR) is 97.0 cm³/mol. The Morgan fingerprint density at radius 3 is 2.91 bits per heavy atom. The van der Waals surface area contributed by atoms with Gasteiger partial charge in [-0.2, -0.15) is 0 Å². The summed E-state index contributed by atoms with van der Waals surface area (Å²) in [6.45, 7) is 4.24. The lowest BCUT2D eigenvalue weighted by molar-refractivity contribution is -0.139. The number of nitrogens with zero attached hydrogens (tertiary/aromatic N) is 1. The van der Waals surface area contributed by atoms with E-state index in [1.54, 1.807) is 25.1 Å². The van der Waals surface area contributed by atoms with Crippen molar-refractivity contribution in [3.05, 3.63) is 28.2 Å². The standard InChI is InChI=1S/C16H22Cl2N2O2.ClH/c1-11(22-14-7-3-6-13(17)15(14)18)16(21)20-8-4-5-12(10-20)9-19-2;/h3,6-7,11-12,19H,4-5,8-10H2,1-2H3;1H. The fourth-order valence-electron chi connectivity index (χ4n) is 2.79. The van der Waals surface area contributed by atoms with Crippen LogP contribution in [0, 0.1) is 5.92 Å². The average Bonchev–Trinajstić information content (AvgIpc) is 2.51. The number of benzene rings is 1. The van der Waals surface area contributed by atoms with E-state index in [0.717, 1.165) is 32.5 Å². The summed E-state index contributed by atoms with van der Waals surface area (Å²) < 4.78 is 5.71. The van der Waals surface area contributed by atoms with Crippen molar-refractivity contribution in [1.82, 2.24) is 10.2 Å². The molecule has 0 aromatic heterocycles. The number of carbonyl (C=O) groups is 1. The Balaban J connectivity index is 0.00000264. The molecule has 0 aliphatic carbocycles. The lowest BCUT2D eigenvalue weighted by Gasteiger charge is -2.34. The van der Waals surface area contributed by atoms with Crippen LogP contribution >= 0.6 is 35.6 Å². The van der Waals surface area contributed by atoms with Crippen molar-refractivity contribution < 1.29 is 9.53 Å². The number of hydrogen-bond acceptors (Lipinski definition) is 3. The Hall–Kier alpha value is -0.680. The minimum atomic E-state index is -0.579. The summed E-state index contributed by atoms with van der Waals surface area (Å²) in [6, 6.07) is 5.17. The molecule has 1 aliphatic rings. The number of amides is 1. The fourth-order valence-corrected chi connectivity index (χ4v) is 3.13. The van der Waals surface area contributed by atoms with Crippen LogP contribution in [-0.2, 0) is 4.79 Å². The number of likely N-dealkylation sites (tertiary alicyclic amines) is 1. The van der Waals surface area contributed by atoms with Gasteiger partial charge in [-0.3, -0.25) is 4.79 Å². The van der Waals surface area contributed by atoms with Gasteiger partial charge in [0.25, 0.3) is 5.91 Å². The average molecular weight is 382 g/mol. The summed E-state index contributed by atoms with van der Waals surface area (Å²) in [6.07, 6.45) is 1.60. The third-order valence-electron chi connectivity index (χ3n) is 3.89. The third kappa shape index (κ3) is 5.42. The Kier molecular flexibility index (Phi) is 8.48. The maximum Gasteiger partial charge on any atom is 0.263 e. The summed E-state index contributed by atoms with van der Waals surface area (Å²) in [7, 11) is 1.94. The van der Waals surface area contributed by atoms with Crippen LogP contribution in [0.25, 0.3) is 0 Å². The van der Waals surface area contributed by atoms with Crippen LogP contribution in [0.1, 0.15) is 19.8 Å². The zero-order chi connectivity index (χ0) is 16.1. The van der Waals surface area contributed by atoms with E-state index in [9.17, 15) is 4.79 Å². The molecule has 1 aromatic rings. The number of nitrogens with one attached hydrogen (secondary N) is 1. The van der Waals surface area contributed by atoms with E-state index < -0.39 is 6.10 Å². The summed E-state index contributed by atoms with van der Waals surface area (Å²) in [5, 5.41) is 3.94. The Labute approximate surface area is 153 Å². The normalized spacial score (nSPS) is 19.0. The van der Waals surface area contributed by atoms with E-state index in [0.29, 0.717) is 21.7 Å². The fraction of sp³-hybridized carbons (Fsp3) is 0.562. The minimum Gasteiger partial charge on any atom is -0.479 e. The number of carbonyl (C=O) groups excluding carboxylic acids is 1. The van der Waals surface area contributed by atoms with Gasteiger partial charge in [-0.1, -0.05) is 29.3 Å². The van der Waals surface area contributed by atoms with Crippen LogP contribution in [0.4, 0.5) is 0 Å². The Morgan fingerprint density at radius 2 is 2.22 bits per heavy atom. The molecule has 0 saturated carbocycles. The van der Waals surface area contributed by atoms with Crippen LogP contribution in [0.15, 0.2) is 18.2 Å². The van der Waals surface area contributed by atoms with E-state index in [1.165, 1.54) is 0 Å². The van der Waals surface area contributed by atoms with Gasteiger partial charge in [0, 0.05) is 13.1 Å². The van der Waals surface area contributed by atoms with Crippen molar-refractivity contribution in [2.45, 2.75) is 25.9 Å². The Morgan fingerprint density at radius 1 is 1.48 bits per heavy atom. The quantitative estimate of drug-likeness (QED) is 0.846. The van der Waals surface area contributed by atoms with Crippen molar-refractivity contribution in [2.24, 2.45) is 5.92 Å². The van der Waals surface area contributed by atoms with Crippen molar-refractivity contribution in [3.8, 4) is 5.75 Å². The van der Waals surface area contributed by atoms with E-state index in [2.05, 4.69) is 5.32 Å². The maximum atomic E-state index is 12.6. The summed E-state index contributed by atoms with van der Waals surface area (Å²) >= 11 is 12.1. The van der Waals surface area contributed by atoms with Gasteiger partial charge in [-0.25, -0.2) is 0 Å². The first-order chi connectivity index (χ1) is 10.5. The molecule has 1 amide bonds. The Bertz CT molecular complexity index is 526. The van der Waals surface area contributed by atoms with Gasteiger partial charge in [0.2, 0.25) is 0 Å². The molecule has 4 nitrogen and oxygen atoms in total. The second-order valence-corrected chi connectivity index (χ2v) is 6.45. The van der Waals surface area contributed by atoms with Gasteiger partial charge in [0.1, 0.15) is 10.8 Å². The molecule has 1 aliphatic heterocycles. The molecule has 1 heterocycles. The molecule has 1 aromatic carbocycles. The van der Waals surface area contributed by atoms with Crippen molar-refractivity contribution >= 4 is 41.5 Å². The molecular formula is C16H23Cl3N2O2. The molecule has 1 fully saturated rings. The topological polar surface area (TPSA) is 41.6 Å². The molecule has 0 bridgehead atoms. The highest BCUT2D eigenvalue weighted by atomic mass is 35.5. The molecule has 2 atom stereocenters. The van der Waals surface area contributed by atoms with E-state index in [1.807, 2.05) is 11.9 Å². The van der Waals surface area contributed by atoms with Crippen LogP contribution in [0.5, 0.6) is 5.75 Å². The summed E-state index contributed by atoms with van der Waals surface area (Å²) in [5.41, 5.74) is 0. The van der Waals surface area contributed by atoms with Crippen molar-refractivity contribution in [2.75, 3.05) is 26.7 Å². The number of rotatable bonds is 5. The smallest absolute Gasteiger partial charge is 0.263 e. The minimum absolute atomic E-state index is 0. The lowest BCUT2D eigenvalue weighted by Crippen LogP contribution is -2.47. The SMILES string of the molecule is CNCC1CCCN(C(=O)C(C)Oc2cccc(Cl)c2Cl)C1.Cl. The zero-order valence-electron chi connectivity index (χ0n) is 13.4. The number of halogens is 3. The molecule has 0 spiro atoms. The number of hydrogen-bond donors (Lipinski definition) is 1. The van der Waals surface area contributed by atoms with Crippen LogP contribution < -0.4 is 10.1 Å². The molecule has 2 rings (SSSR count). The van der Waals surface area contributed by atoms with E-state index in [4.69, 9.17) is 27.9 Å². The van der Waals surface area contributed by atoms with Gasteiger partial charge >= 0.3 is 0 Å². The van der Waals surface area contributed by atoms with Crippen LogP contribution in [-0.4, -0.2) is 43.6 Å². The zero-order valence-corrected chi connectivity index (χ0v) is 15.7. The first kappa shape index (κ1) is 20.4. The van der Waals surface area contributed by atoms with Crippen molar-refractivity contribution in [3.63, 3.8) is 0 Å². The van der Waals surface area contributed by atoms with E-state index in [-0.39, 0.29) is 18.3 Å². The molecule has 130 valence electrons. The highest BCUT2D eigenvalue weighted by Gasteiger charge is 2.27. The first-order valence-corrected chi connectivity index (χ1v) is 8.32. The van der Waals surface area contributed by atoms with Gasteiger partial charge in [-0.05, 0) is 51.4 Å². The highest BCUT2D eigenvalue weighted by molar-refractivity contribution is 6.42. The molecule has 0 radical (unpaired) electrons. The molecule has 7 heteroatoms. The lowest BCUT2D eigenvalue weighted by atomic mass is 9.97. The number of piperidine rings is 1. The number of ether oxygens (including phenoxy) is 1. The van der Waals surface area contributed by atoms with Gasteiger partial charge in [0.05, 0.1) is 5.02 Å². The first-order valence-electron chi connectivity index (χ1n) is 7.57. The second-order valence-electron chi connectivity index (χ2n) is 5.66. The van der Waals surface area contributed by atoms with Crippen molar-refractivity contribution in [1.29, 1.82) is 0 Å². The van der Waals surface area contributed by atoms with Gasteiger partial charge in [-0.15, -0.1) is 12.4 Å². The highest BCUT2D eigenvalue weighted by Crippen LogP contribution is 2.32. The second kappa shape index (κ2) is 9.58. The van der Waals surface area contributed by atoms with Gasteiger partial charge in [0.15, 0.2) is 6.10 Å². The third-order valence-corrected chi connectivity index (χ3v) is 4.69. The molecular weight excluding hydrogens is 359 g/mol. The summed E-state index contributed by atoms with van der Waals surface area (Å²) in [5.74, 6) is 0.945. The molecule has 23 heavy (non-hydrogen) atoms. The monoisotopic (exact) mass is 380 g/mol. The van der Waals surface area contributed by atoms with Crippen LogP contribution in [0.2, 0.25) is 10.0 Å². The molecule has 1 saturated heterocycles. The van der Waals surface area contributed by atoms with Gasteiger partial charge < -0.3 is 15.0 Å². The molecule has 2 unspecified atom stereocenters.